The lowest BCUT2D eigenvalue weighted by Gasteiger charge is -2.28. The normalized spacial score (nSPS) is 25.6. The second-order valence-electron chi connectivity index (χ2n) is 5.01. The first-order chi connectivity index (χ1) is 7.83. The van der Waals surface area contributed by atoms with Crippen LogP contribution in [0.25, 0.3) is 0 Å². The van der Waals surface area contributed by atoms with E-state index in [0.717, 1.165) is 17.6 Å². The molecule has 0 nitrogen and oxygen atoms in total. The van der Waals surface area contributed by atoms with Gasteiger partial charge in [-0.15, -0.1) is 0 Å². The highest BCUT2D eigenvalue weighted by molar-refractivity contribution is 7.79. The lowest BCUT2D eigenvalue weighted by Crippen LogP contribution is -2.12. The van der Waals surface area contributed by atoms with Crippen LogP contribution in [0.2, 0.25) is 0 Å². The minimum Gasteiger partial charge on any atom is -0.0890 e. The van der Waals surface area contributed by atoms with Crippen molar-refractivity contribution in [3.05, 3.63) is 35.4 Å². The number of hydrogen-bond acceptors (Lipinski definition) is 0. The molecular formula is C15H21S. The van der Waals surface area contributed by atoms with E-state index in [0.29, 0.717) is 0 Å². The predicted octanol–water partition coefficient (Wildman–Crippen LogP) is 5.07. The monoisotopic (exact) mass is 233 g/mol. The van der Waals surface area contributed by atoms with Crippen LogP contribution in [-0.2, 0) is 5.75 Å². The van der Waals surface area contributed by atoms with E-state index in [-0.39, 0.29) is 0 Å². The molecule has 0 heterocycles. The molecular weight excluding hydrogens is 212 g/mol. The minimum atomic E-state index is 0.739. The second-order valence-corrected chi connectivity index (χ2v) is 5.30. The first-order valence-electron chi connectivity index (χ1n) is 6.50. The molecule has 0 atom stereocenters. The molecule has 16 heavy (non-hydrogen) atoms. The summed E-state index contributed by atoms with van der Waals surface area (Å²) in [5.41, 5.74) is 2.81. The first kappa shape index (κ1) is 12.0. The van der Waals surface area contributed by atoms with E-state index in [4.69, 9.17) is 12.6 Å². The molecule has 0 aromatic heterocycles. The van der Waals surface area contributed by atoms with Crippen LogP contribution in [0, 0.1) is 5.92 Å². The maximum atomic E-state index is 5.05. The van der Waals surface area contributed by atoms with Crippen molar-refractivity contribution in [3.63, 3.8) is 0 Å². The molecule has 0 N–H and O–H groups in total. The third kappa shape index (κ3) is 2.82. The maximum Gasteiger partial charge on any atom is 0.0288 e. The lowest BCUT2D eigenvalue weighted by atomic mass is 9.78. The van der Waals surface area contributed by atoms with E-state index < -0.39 is 0 Å². The molecule has 1 aromatic rings. The van der Waals surface area contributed by atoms with Crippen LogP contribution in [0.5, 0.6) is 0 Å². The highest BCUT2D eigenvalue weighted by Crippen LogP contribution is 2.36. The zero-order valence-electron chi connectivity index (χ0n) is 10.1. The maximum absolute atomic E-state index is 5.05. The van der Waals surface area contributed by atoms with E-state index in [1.807, 2.05) is 0 Å². The van der Waals surface area contributed by atoms with Gasteiger partial charge in [0, 0.05) is 5.75 Å². The van der Waals surface area contributed by atoms with Crippen LogP contribution in [0.3, 0.4) is 0 Å². The Labute approximate surface area is 105 Å². The Kier molecular flexibility index (Phi) is 4.34. The Morgan fingerprint density at radius 3 is 2.19 bits per heavy atom. The lowest BCUT2D eigenvalue weighted by molar-refractivity contribution is 0.319. The minimum absolute atomic E-state index is 0.739. The van der Waals surface area contributed by atoms with Crippen molar-refractivity contribution < 1.29 is 0 Å². The van der Waals surface area contributed by atoms with Gasteiger partial charge < -0.3 is 0 Å². The van der Waals surface area contributed by atoms with Crippen LogP contribution in [0.4, 0.5) is 0 Å². The summed E-state index contributed by atoms with van der Waals surface area (Å²) < 4.78 is 0. The summed E-state index contributed by atoms with van der Waals surface area (Å²) in [4.78, 5) is 0. The molecule has 1 radical (unpaired) electrons. The summed E-state index contributed by atoms with van der Waals surface area (Å²) in [5, 5.41) is 0. The van der Waals surface area contributed by atoms with Gasteiger partial charge in [0.05, 0.1) is 0 Å². The molecule has 0 aliphatic heterocycles. The van der Waals surface area contributed by atoms with Gasteiger partial charge in [0.25, 0.3) is 0 Å². The van der Waals surface area contributed by atoms with Crippen molar-refractivity contribution in [1.29, 1.82) is 0 Å². The molecule has 1 saturated carbocycles. The van der Waals surface area contributed by atoms with Crippen molar-refractivity contribution in [2.24, 2.45) is 5.92 Å². The van der Waals surface area contributed by atoms with Gasteiger partial charge >= 0.3 is 0 Å². The predicted molar refractivity (Wildman–Crippen MR) is 72.7 cm³/mol. The third-order valence-electron chi connectivity index (χ3n) is 4.04. The van der Waals surface area contributed by atoms with E-state index in [2.05, 4.69) is 31.2 Å². The topological polar surface area (TPSA) is 0 Å². The summed E-state index contributed by atoms with van der Waals surface area (Å²) in [7, 11) is 0. The largest absolute Gasteiger partial charge is 0.0890 e. The van der Waals surface area contributed by atoms with E-state index in [9.17, 15) is 0 Å². The van der Waals surface area contributed by atoms with Gasteiger partial charge in [0.1, 0.15) is 0 Å². The van der Waals surface area contributed by atoms with E-state index in [1.165, 1.54) is 43.2 Å². The van der Waals surface area contributed by atoms with Crippen molar-refractivity contribution in [2.75, 3.05) is 0 Å². The first-order valence-corrected chi connectivity index (χ1v) is 7.08. The second kappa shape index (κ2) is 5.77. The average molecular weight is 233 g/mol. The van der Waals surface area contributed by atoms with Gasteiger partial charge in [0.15, 0.2) is 0 Å². The molecule has 2 rings (SSSR count). The Morgan fingerprint density at radius 2 is 1.69 bits per heavy atom. The smallest absolute Gasteiger partial charge is 0.0288 e. The number of benzene rings is 1. The summed E-state index contributed by atoms with van der Waals surface area (Å²) in [6, 6.07) is 8.99. The molecule has 87 valence electrons. The van der Waals surface area contributed by atoms with Crippen LogP contribution in [-0.4, -0.2) is 0 Å². The molecule has 0 unspecified atom stereocenters. The Morgan fingerprint density at radius 1 is 1.06 bits per heavy atom. The zero-order valence-corrected chi connectivity index (χ0v) is 10.9. The average Bonchev–Trinajstić information content (AvgIpc) is 2.39. The fraction of sp³-hybridized carbons (Fsp3) is 0.600. The fourth-order valence-electron chi connectivity index (χ4n) is 2.79. The SMILES string of the molecule is CCC1CCC(c2ccc(C[S])cc2)CC1. The standard InChI is InChI=1S/C15H21S/c1-2-12-3-7-14(8-4-12)15-9-5-13(11-16)6-10-15/h5-6,9-10,12,14H,2-4,7-8,11H2,1H3. The molecule has 0 spiro atoms. The quantitative estimate of drug-likeness (QED) is 0.684. The third-order valence-corrected chi connectivity index (χ3v) is 4.38. The molecule has 0 bridgehead atoms. The Hall–Kier alpha value is -0.430. The molecule has 1 fully saturated rings. The molecule has 1 aromatic carbocycles. The van der Waals surface area contributed by atoms with E-state index in [1.54, 1.807) is 0 Å². The number of hydrogen-bond donors (Lipinski definition) is 0. The van der Waals surface area contributed by atoms with Crippen molar-refractivity contribution >= 4 is 12.6 Å². The van der Waals surface area contributed by atoms with Gasteiger partial charge in [-0.1, -0.05) is 50.2 Å². The van der Waals surface area contributed by atoms with Crippen molar-refractivity contribution in [1.82, 2.24) is 0 Å². The molecule has 1 aliphatic rings. The van der Waals surface area contributed by atoms with Gasteiger partial charge in [-0.25, -0.2) is 0 Å². The summed E-state index contributed by atoms with van der Waals surface area (Å²) >= 11 is 5.05. The summed E-state index contributed by atoms with van der Waals surface area (Å²) in [5.74, 6) is 2.54. The Bertz CT molecular complexity index is 307. The molecule has 0 saturated heterocycles. The van der Waals surface area contributed by atoms with Gasteiger partial charge in [0.2, 0.25) is 0 Å². The molecule has 1 aliphatic carbocycles. The summed E-state index contributed by atoms with van der Waals surface area (Å²) in [6.45, 7) is 2.32. The van der Waals surface area contributed by atoms with Crippen LogP contribution in [0.15, 0.2) is 24.3 Å². The zero-order chi connectivity index (χ0) is 11.4. The van der Waals surface area contributed by atoms with Gasteiger partial charge in [-0.3, -0.25) is 0 Å². The molecule has 0 amide bonds. The van der Waals surface area contributed by atoms with Crippen molar-refractivity contribution in [2.45, 2.75) is 50.7 Å². The molecule has 1 heteroatoms. The van der Waals surface area contributed by atoms with Crippen molar-refractivity contribution in [3.8, 4) is 0 Å². The highest BCUT2D eigenvalue weighted by Gasteiger charge is 2.20. The van der Waals surface area contributed by atoms with Crippen LogP contribution >= 0.6 is 12.6 Å². The fourth-order valence-corrected chi connectivity index (χ4v) is 2.98. The van der Waals surface area contributed by atoms with Crippen LogP contribution in [0.1, 0.15) is 56.1 Å². The Balaban J connectivity index is 1.97. The van der Waals surface area contributed by atoms with Crippen LogP contribution < -0.4 is 0 Å². The van der Waals surface area contributed by atoms with Gasteiger partial charge in [-0.2, -0.15) is 0 Å². The number of rotatable bonds is 3. The highest BCUT2D eigenvalue weighted by atomic mass is 32.1. The summed E-state index contributed by atoms with van der Waals surface area (Å²) in [6.07, 6.45) is 6.97. The van der Waals surface area contributed by atoms with Gasteiger partial charge in [-0.05, 0) is 48.6 Å². The van der Waals surface area contributed by atoms with E-state index >= 15 is 0 Å².